The third-order valence-electron chi connectivity index (χ3n) is 4.63. The van der Waals surface area contributed by atoms with Crippen molar-refractivity contribution < 1.29 is 9.59 Å². The topological polar surface area (TPSA) is 40.6 Å². The van der Waals surface area contributed by atoms with Crippen LogP contribution in [0.3, 0.4) is 0 Å². The molecular weight excluding hydrogens is 344 g/mol. The molecule has 0 N–H and O–H groups in total. The average molecular weight is 371 g/mol. The highest BCUT2D eigenvalue weighted by Gasteiger charge is 2.34. The van der Waals surface area contributed by atoms with Crippen molar-refractivity contribution in [3.05, 3.63) is 57.8 Å². The molecule has 1 aliphatic carbocycles. The van der Waals surface area contributed by atoms with E-state index < -0.39 is 0 Å². The summed E-state index contributed by atoms with van der Waals surface area (Å²) in [4.78, 5) is 31.4. The van der Waals surface area contributed by atoms with E-state index in [0.717, 1.165) is 18.4 Å². The highest BCUT2D eigenvalue weighted by Crippen LogP contribution is 2.27. The highest BCUT2D eigenvalue weighted by atomic mass is 32.1. The van der Waals surface area contributed by atoms with Crippen LogP contribution in [0.25, 0.3) is 0 Å². The predicted molar refractivity (Wildman–Crippen MR) is 105 cm³/mol. The van der Waals surface area contributed by atoms with E-state index in [2.05, 4.69) is 19.1 Å². The lowest BCUT2D eigenvalue weighted by molar-refractivity contribution is -0.141. The minimum atomic E-state index is 0.0219. The second kappa shape index (κ2) is 8.49. The van der Waals surface area contributed by atoms with Gasteiger partial charge in [-0.2, -0.15) is 0 Å². The monoisotopic (exact) mass is 370 g/mol. The lowest BCUT2D eigenvalue weighted by Gasteiger charge is -2.27. The van der Waals surface area contributed by atoms with Crippen LogP contribution in [0.5, 0.6) is 0 Å². The van der Waals surface area contributed by atoms with Gasteiger partial charge in [0.2, 0.25) is 11.8 Å². The molecule has 0 unspecified atom stereocenters. The number of thiophene rings is 1. The molecule has 1 heterocycles. The summed E-state index contributed by atoms with van der Waals surface area (Å²) in [5.74, 6) is 0.0982. The van der Waals surface area contributed by atoms with Gasteiger partial charge >= 0.3 is 0 Å². The Kier molecular flexibility index (Phi) is 6.09. The summed E-state index contributed by atoms with van der Waals surface area (Å²) < 4.78 is 0. The van der Waals surface area contributed by atoms with Gasteiger partial charge in [-0.1, -0.05) is 37.3 Å². The minimum Gasteiger partial charge on any atom is -0.332 e. The maximum Gasteiger partial charge on any atom is 0.242 e. The van der Waals surface area contributed by atoms with Crippen molar-refractivity contribution in [3.63, 3.8) is 0 Å². The van der Waals surface area contributed by atoms with Crippen molar-refractivity contribution in [2.24, 2.45) is 0 Å². The second-order valence-corrected chi connectivity index (χ2v) is 8.23. The Morgan fingerprint density at radius 3 is 2.35 bits per heavy atom. The van der Waals surface area contributed by atoms with E-state index in [1.54, 1.807) is 16.2 Å². The molecule has 1 aromatic carbocycles. The van der Waals surface area contributed by atoms with Crippen LogP contribution >= 0.6 is 11.3 Å². The average Bonchev–Trinajstić information content (AvgIpc) is 3.41. The maximum atomic E-state index is 13.1. The van der Waals surface area contributed by atoms with Crippen LogP contribution in [0.1, 0.15) is 41.5 Å². The summed E-state index contributed by atoms with van der Waals surface area (Å²) in [6.45, 7) is 5.28. The zero-order valence-electron chi connectivity index (χ0n) is 15.5. The predicted octanol–water partition coefficient (Wildman–Crippen LogP) is 3.99. The van der Waals surface area contributed by atoms with Gasteiger partial charge in [-0.25, -0.2) is 0 Å². The summed E-state index contributed by atoms with van der Waals surface area (Å²) in [5, 5.41) is 0. The van der Waals surface area contributed by atoms with Gasteiger partial charge in [-0.3, -0.25) is 9.59 Å². The fourth-order valence-electron chi connectivity index (χ4n) is 3.05. The molecule has 3 rings (SSSR count). The number of hydrogen-bond donors (Lipinski definition) is 0. The number of amides is 2. The molecule has 0 spiro atoms. The number of carbonyl (C=O) groups is 2. The molecule has 1 saturated carbocycles. The number of nitrogens with zero attached hydrogens (tertiary/aromatic N) is 2. The third kappa shape index (κ3) is 4.94. The molecule has 4 nitrogen and oxygen atoms in total. The van der Waals surface area contributed by atoms with Gasteiger partial charge in [0.25, 0.3) is 0 Å². The zero-order valence-corrected chi connectivity index (χ0v) is 16.3. The lowest BCUT2D eigenvalue weighted by atomic mass is 10.2. The van der Waals surface area contributed by atoms with Crippen molar-refractivity contribution in [2.75, 3.05) is 6.54 Å². The summed E-state index contributed by atoms with van der Waals surface area (Å²) in [5.41, 5.74) is 1.11. The summed E-state index contributed by atoms with van der Waals surface area (Å²) in [7, 11) is 0. The molecule has 2 aromatic rings. The molecule has 0 atom stereocenters. The van der Waals surface area contributed by atoms with E-state index in [-0.39, 0.29) is 24.4 Å². The third-order valence-corrected chi connectivity index (χ3v) is 5.61. The van der Waals surface area contributed by atoms with Crippen molar-refractivity contribution in [2.45, 2.75) is 52.2 Å². The normalized spacial score (nSPS) is 13.5. The van der Waals surface area contributed by atoms with Crippen LogP contribution in [0.15, 0.2) is 42.5 Å². The first-order chi connectivity index (χ1) is 12.6. The van der Waals surface area contributed by atoms with Gasteiger partial charge in [0, 0.05) is 28.8 Å². The fraction of sp³-hybridized carbons (Fsp3) is 0.429. The number of benzene rings is 1. The molecule has 0 aliphatic heterocycles. The molecule has 1 aliphatic rings. The Morgan fingerprint density at radius 1 is 1.04 bits per heavy atom. The SMILES string of the molecule is CCC(=O)N(CC(=O)N(Cc1ccccc1)Cc1ccc(C)s1)C1CC1. The van der Waals surface area contributed by atoms with Gasteiger partial charge in [0.1, 0.15) is 6.54 Å². The molecule has 0 radical (unpaired) electrons. The quantitative estimate of drug-likeness (QED) is 0.705. The molecule has 2 amide bonds. The van der Waals surface area contributed by atoms with Crippen LogP contribution in [-0.4, -0.2) is 34.2 Å². The van der Waals surface area contributed by atoms with E-state index in [4.69, 9.17) is 0 Å². The largest absolute Gasteiger partial charge is 0.332 e. The minimum absolute atomic E-state index is 0.0219. The molecule has 0 saturated heterocycles. The Bertz CT molecular complexity index is 752. The van der Waals surface area contributed by atoms with Crippen LogP contribution in [0.2, 0.25) is 0 Å². The summed E-state index contributed by atoms with van der Waals surface area (Å²) in [6.07, 6.45) is 2.48. The Hall–Kier alpha value is -2.14. The highest BCUT2D eigenvalue weighted by molar-refractivity contribution is 7.11. The number of hydrogen-bond acceptors (Lipinski definition) is 3. The molecule has 0 bridgehead atoms. The number of rotatable bonds is 8. The summed E-state index contributed by atoms with van der Waals surface area (Å²) >= 11 is 1.72. The van der Waals surface area contributed by atoms with Crippen LogP contribution in [-0.2, 0) is 22.7 Å². The van der Waals surface area contributed by atoms with E-state index in [1.165, 1.54) is 9.75 Å². The van der Waals surface area contributed by atoms with Crippen molar-refractivity contribution in [1.29, 1.82) is 0 Å². The first-order valence-corrected chi connectivity index (χ1v) is 10.0. The number of carbonyl (C=O) groups excluding carboxylic acids is 2. The second-order valence-electron chi connectivity index (χ2n) is 6.85. The van der Waals surface area contributed by atoms with Crippen molar-refractivity contribution in [1.82, 2.24) is 9.80 Å². The molecule has 138 valence electrons. The maximum absolute atomic E-state index is 13.1. The Morgan fingerprint density at radius 2 is 1.77 bits per heavy atom. The van der Waals surface area contributed by atoms with Gasteiger partial charge in [0.05, 0.1) is 6.54 Å². The van der Waals surface area contributed by atoms with Crippen molar-refractivity contribution >= 4 is 23.2 Å². The van der Waals surface area contributed by atoms with E-state index in [0.29, 0.717) is 19.5 Å². The van der Waals surface area contributed by atoms with E-state index >= 15 is 0 Å². The molecule has 1 aromatic heterocycles. The molecular formula is C21H26N2O2S. The van der Waals surface area contributed by atoms with Gasteiger partial charge in [-0.15, -0.1) is 11.3 Å². The molecule has 1 fully saturated rings. The van der Waals surface area contributed by atoms with Crippen LogP contribution in [0, 0.1) is 6.92 Å². The lowest BCUT2D eigenvalue weighted by Crippen LogP contribution is -2.43. The number of aryl methyl sites for hydroxylation is 1. The fourth-order valence-corrected chi connectivity index (χ4v) is 3.96. The van der Waals surface area contributed by atoms with E-state index in [1.807, 2.05) is 42.2 Å². The van der Waals surface area contributed by atoms with Crippen molar-refractivity contribution in [3.8, 4) is 0 Å². The first-order valence-electron chi connectivity index (χ1n) is 9.23. The standard InChI is InChI=1S/C21H26N2O2S/c1-3-20(24)23(18-10-11-18)15-21(25)22(13-17-7-5-4-6-8-17)14-19-12-9-16(2)26-19/h4-9,12,18H,3,10-11,13-15H2,1-2H3. The first kappa shape index (κ1) is 18.6. The smallest absolute Gasteiger partial charge is 0.242 e. The van der Waals surface area contributed by atoms with Crippen LogP contribution < -0.4 is 0 Å². The zero-order chi connectivity index (χ0) is 18.5. The summed E-state index contributed by atoms with van der Waals surface area (Å²) in [6, 6.07) is 14.5. The van der Waals surface area contributed by atoms with Gasteiger partial charge in [-0.05, 0) is 37.5 Å². The Labute approximate surface area is 159 Å². The molecule has 26 heavy (non-hydrogen) atoms. The Balaban J connectivity index is 1.74. The van der Waals surface area contributed by atoms with Gasteiger partial charge in [0.15, 0.2) is 0 Å². The van der Waals surface area contributed by atoms with Crippen LogP contribution in [0.4, 0.5) is 0 Å². The van der Waals surface area contributed by atoms with Gasteiger partial charge < -0.3 is 9.80 Å². The molecule has 5 heteroatoms. The van der Waals surface area contributed by atoms with E-state index in [9.17, 15) is 9.59 Å².